The number of hydrogen-bond donors (Lipinski definition) is 2. The molecule has 2 aromatic carbocycles. The summed E-state index contributed by atoms with van der Waals surface area (Å²) in [5, 5.41) is 0.651. The first-order valence-corrected chi connectivity index (χ1v) is 9.96. The number of hydrogen-bond acceptors (Lipinski definition) is 4. The summed E-state index contributed by atoms with van der Waals surface area (Å²) in [6, 6.07) is 20.1. The Morgan fingerprint density at radius 3 is 2.68 bits per heavy atom. The molecule has 0 spiro atoms. The SMILES string of the molecule is COc1cccc(C[NH+](C)Cc2nc3sc(-c4ccccc4)cc3c(=O)[nH]2)c1. The van der Waals surface area contributed by atoms with Gasteiger partial charge in [0.25, 0.3) is 5.56 Å². The molecule has 0 amide bonds. The molecular weight excluding hydrogens is 370 g/mol. The van der Waals surface area contributed by atoms with Crippen LogP contribution in [0.15, 0.2) is 65.5 Å². The molecule has 6 heteroatoms. The molecule has 4 aromatic rings. The van der Waals surface area contributed by atoms with Crippen molar-refractivity contribution in [2.75, 3.05) is 14.2 Å². The van der Waals surface area contributed by atoms with Crippen LogP contribution in [-0.4, -0.2) is 24.1 Å². The average molecular weight is 393 g/mol. The highest BCUT2D eigenvalue weighted by molar-refractivity contribution is 7.21. The number of nitrogens with one attached hydrogen (secondary N) is 2. The second-order valence-corrected chi connectivity index (χ2v) is 7.90. The van der Waals surface area contributed by atoms with Crippen LogP contribution in [0.25, 0.3) is 20.7 Å². The van der Waals surface area contributed by atoms with Crippen LogP contribution in [0.3, 0.4) is 0 Å². The Balaban J connectivity index is 1.56. The Labute approximate surface area is 167 Å². The summed E-state index contributed by atoms with van der Waals surface area (Å²) in [6.45, 7) is 1.46. The maximum Gasteiger partial charge on any atom is 0.259 e. The average Bonchev–Trinajstić information content (AvgIpc) is 3.13. The number of benzene rings is 2. The Bertz CT molecular complexity index is 1150. The van der Waals surface area contributed by atoms with E-state index < -0.39 is 0 Å². The van der Waals surface area contributed by atoms with E-state index in [-0.39, 0.29) is 5.56 Å². The monoisotopic (exact) mass is 392 g/mol. The van der Waals surface area contributed by atoms with Gasteiger partial charge in [0.2, 0.25) is 0 Å². The van der Waals surface area contributed by atoms with E-state index in [1.807, 2.05) is 54.6 Å². The van der Waals surface area contributed by atoms with Crippen molar-refractivity contribution in [2.45, 2.75) is 13.1 Å². The van der Waals surface area contributed by atoms with Gasteiger partial charge in [0, 0.05) is 10.4 Å². The van der Waals surface area contributed by atoms with Crippen LogP contribution in [-0.2, 0) is 13.1 Å². The van der Waals surface area contributed by atoms with E-state index in [0.717, 1.165) is 27.6 Å². The molecule has 1 unspecified atom stereocenters. The van der Waals surface area contributed by atoms with E-state index in [2.05, 4.69) is 18.1 Å². The lowest BCUT2D eigenvalue weighted by Gasteiger charge is -2.14. The second kappa shape index (κ2) is 7.96. The van der Waals surface area contributed by atoms with E-state index in [4.69, 9.17) is 9.72 Å². The van der Waals surface area contributed by atoms with Gasteiger partial charge in [-0.25, -0.2) is 4.98 Å². The molecule has 2 heterocycles. The summed E-state index contributed by atoms with van der Waals surface area (Å²) < 4.78 is 5.29. The number of thiophene rings is 1. The van der Waals surface area contributed by atoms with E-state index in [9.17, 15) is 4.79 Å². The molecule has 0 saturated heterocycles. The zero-order valence-corrected chi connectivity index (χ0v) is 16.7. The zero-order valence-electron chi connectivity index (χ0n) is 15.9. The number of H-pyrrole nitrogens is 1. The first kappa shape index (κ1) is 18.4. The normalized spacial score (nSPS) is 12.2. The quantitative estimate of drug-likeness (QED) is 0.530. The fraction of sp³-hybridized carbons (Fsp3) is 0.182. The summed E-state index contributed by atoms with van der Waals surface area (Å²) in [7, 11) is 3.76. The number of aromatic nitrogens is 2. The maximum absolute atomic E-state index is 12.6. The van der Waals surface area contributed by atoms with Crippen molar-refractivity contribution in [3.8, 4) is 16.2 Å². The molecule has 0 aliphatic rings. The predicted molar refractivity (Wildman–Crippen MR) is 113 cm³/mol. The van der Waals surface area contributed by atoms with Crippen LogP contribution in [0.5, 0.6) is 5.75 Å². The van der Waals surface area contributed by atoms with Crippen molar-refractivity contribution in [3.05, 3.63) is 82.4 Å². The predicted octanol–water partition coefficient (Wildman–Crippen LogP) is 2.88. The summed E-state index contributed by atoms with van der Waals surface area (Å²) in [6.07, 6.45) is 0. The van der Waals surface area contributed by atoms with Crippen molar-refractivity contribution in [1.82, 2.24) is 9.97 Å². The highest BCUT2D eigenvalue weighted by atomic mass is 32.1. The molecule has 4 rings (SSSR count). The molecule has 1 atom stereocenters. The van der Waals surface area contributed by atoms with Crippen molar-refractivity contribution >= 4 is 21.6 Å². The number of ether oxygens (including phenoxy) is 1. The van der Waals surface area contributed by atoms with Crippen molar-refractivity contribution < 1.29 is 9.64 Å². The number of quaternary nitrogens is 1. The molecular formula is C22H22N3O2S+. The lowest BCUT2D eigenvalue weighted by atomic mass is 10.2. The van der Waals surface area contributed by atoms with Crippen LogP contribution in [0, 0.1) is 0 Å². The van der Waals surface area contributed by atoms with Gasteiger partial charge in [-0.3, -0.25) is 4.79 Å². The van der Waals surface area contributed by atoms with Gasteiger partial charge in [0.05, 0.1) is 19.5 Å². The first-order chi connectivity index (χ1) is 13.6. The Morgan fingerprint density at radius 1 is 1.07 bits per heavy atom. The highest BCUT2D eigenvalue weighted by Crippen LogP contribution is 2.30. The third-order valence-corrected chi connectivity index (χ3v) is 5.70. The van der Waals surface area contributed by atoms with Crippen LogP contribution < -0.4 is 15.2 Å². The summed E-state index contributed by atoms with van der Waals surface area (Å²) in [5.74, 6) is 1.56. The standard InChI is InChI=1S/C22H21N3O2S/c1-25(13-15-7-6-10-17(11-15)27-2)14-20-23-21(26)18-12-19(28-22(18)24-20)16-8-4-3-5-9-16/h3-12H,13-14H2,1-2H3,(H,23,24,26)/p+1. The van der Waals surface area contributed by atoms with Gasteiger partial charge < -0.3 is 14.6 Å². The molecule has 0 saturated carbocycles. The number of aromatic amines is 1. The molecule has 142 valence electrons. The van der Waals surface area contributed by atoms with Crippen molar-refractivity contribution in [3.63, 3.8) is 0 Å². The van der Waals surface area contributed by atoms with Crippen LogP contribution in [0.2, 0.25) is 0 Å². The Hall–Kier alpha value is -2.96. The minimum atomic E-state index is -0.0763. The molecule has 2 N–H and O–H groups in total. The van der Waals surface area contributed by atoms with Gasteiger partial charge in [-0.1, -0.05) is 42.5 Å². The molecule has 0 fully saturated rings. The molecule has 0 aliphatic heterocycles. The molecule has 28 heavy (non-hydrogen) atoms. The number of rotatable bonds is 6. The fourth-order valence-corrected chi connectivity index (χ4v) is 4.34. The van der Waals surface area contributed by atoms with E-state index in [1.165, 1.54) is 10.5 Å². The molecule has 5 nitrogen and oxygen atoms in total. The summed E-state index contributed by atoms with van der Waals surface area (Å²) in [4.78, 5) is 23.3. The van der Waals surface area contributed by atoms with E-state index in [0.29, 0.717) is 17.8 Å². The van der Waals surface area contributed by atoms with Crippen LogP contribution in [0.1, 0.15) is 11.4 Å². The minimum Gasteiger partial charge on any atom is -0.497 e. The van der Waals surface area contributed by atoms with Gasteiger partial charge in [-0.2, -0.15) is 0 Å². The number of fused-ring (bicyclic) bond motifs is 1. The second-order valence-electron chi connectivity index (χ2n) is 6.87. The molecule has 0 radical (unpaired) electrons. The zero-order chi connectivity index (χ0) is 19.5. The van der Waals surface area contributed by atoms with E-state index >= 15 is 0 Å². The third kappa shape index (κ3) is 3.98. The van der Waals surface area contributed by atoms with Crippen LogP contribution in [0.4, 0.5) is 0 Å². The Kier molecular flexibility index (Phi) is 5.23. The minimum absolute atomic E-state index is 0.0763. The van der Waals surface area contributed by atoms with Crippen molar-refractivity contribution in [1.29, 1.82) is 0 Å². The van der Waals surface area contributed by atoms with Gasteiger partial charge in [-0.15, -0.1) is 11.3 Å². The summed E-state index contributed by atoms with van der Waals surface area (Å²) >= 11 is 1.56. The Morgan fingerprint density at radius 2 is 1.89 bits per heavy atom. The maximum atomic E-state index is 12.6. The molecule has 0 bridgehead atoms. The lowest BCUT2D eigenvalue weighted by molar-refractivity contribution is -0.908. The van der Waals surface area contributed by atoms with Gasteiger partial charge in [0.1, 0.15) is 23.7 Å². The topological polar surface area (TPSA) is 59.4 Å². The first-order valence-electron chi connectivity index (χ1n) is 9.15. The van der Waals surface area contributed by atoms with Crippen LogP contribution >= 0.6 is 11.3 Å². The third-order valence-electron chi connectivity index (χ3n) is 4.62. The number of methoxy groups -OCH3 is 1. The largest absolute Gasteiger partial charge is 0.497 e. The van der Waals surface area contributed by atoms with E-state index in [1.54, 1.807) is 18.4 Å². The van der Waals surface area contributed by atoms with Gasteiger partial charge in [0.15, 0.2) is 5.82 Å². The van der Waals surface area contributed by atoms with Gasteiger partial charge >= 0.3 is 0 Å². The molecule has 2 aromatic heterocycles. The lowest BCUT2D eigenvalue weighted by Crippen LogP contribution is -3.06. The molecule has 0 aliphatic carbocycles. The smallest absolute Gasteiger partial charge is 0.259 e. The number of nitrogens with zero attached hydrogens (tertiary/aromatic N) is 1. The van der Waals surface area contributed by atoms with Crippen molar-refractivity contribution in [2.24, 2.45) is 0 Å². The van der Waals surface area contributed by atoms with Gasteiger partial charge in [-0.05, 0) is 23.8 Å². The fourth-order valence-electron chi connectivity index (χ4n) is 3.28. The summed E-state index contributed by atoms with van der Waals surface area (Å²) in [5.41, 5.74) is 2.21. The highest BCUT2D eigenvalue weighted by Gasteiger charge is 2.13.